The predicted octanol–water partition coefficient (Wildman–Crippen LogP) is 3.72. The minimum atomic E-state index is -0.981. The average molecular weight is 314 g/mol. The number of rotatable bonds is 4. The molecular weight excluding hydrogens is 292 g/mol. The first-order valence-corrected chi connectivity index (χ1v) is 7.28. The predicted molar refractivity (Wildman–Crippen MR) is 90.7 cm³/mol. The molecule has 4 nitrogen and oxygen atoms in total. The molecule has 0 aromatic heterocycles. The third kappa shape index (κ3) is 10.7. The van der Waals surface area contributed by atoms with Crippen molar-refractivity contribution in [2.45, 2.75) is 13.0 Å². The smallest absolute Gasteiger partial charge is 0.327 e. The van der Waals surface area contributed by atoms with Crippen LogP contribution in [-0.2, 0) is 9.53 Å². The molecule has 1 saturated heterocycles. The van der Waals surface area contributed by atoms with E-state index in [1.165, 1.54) is 5.56 Å². The van der Waals surface area contributed by atoms with Crippen LogP contribution >= 0.6 is 0 Å². The van der Waals surface area contributed by atoms with Gasteiger partial charge in [-0.3, -0.25) is 0 Å². The van der Waals surface area contributed by atoms with Crippen LogP contribution in [0.2, 0.25) is 0 Å². The molecule has 0 radical (unpaired) electrons. The molecule has 0 saturated carbocycles. The van der Waals surface area contributed by atoms with E-state index in [1.54, 1.807) is 0 Å². The molecule has 2 aromatic carbocycles. The van der Waals surface area contributed by atoms with Gasteiger partial charge >= 0.3 is 5.97 Å². The third-order valence-electron chi connectivity index (χ3n) is 2.70. The Balaban J connectivity index is 0.000000191. The average Bonchev–Trinajstić information content (AvgIpc) is 3.40. The van der Waals surface area contributed by atoms with E-state index in [0.717, 1.165) is 18.4 Å². The first kappa shape index (κ1) is 18.5. The highest BCUT2D eigenvalue weighted by Crippen LogP contribution is 2.13. The van der Waals surface area contributed by atoms with Gasteiger partial charge in [-0.15, -0.1) is 0 Å². The van der Waals surface area contributed by atoms with Crippen LogP contribution in [0.25, 0.3) is 0 Å². The SMILES string of the molecule is C=CC(=O)O.Cc1ccccc1.c1ccc(OCC2CO2)cc1. The van der Waals surface area contributed by atoms with Gasteiger partial charge in [0, 0.05) is 6.08 Å². The summed E-state index contributed by atoms with van der Waals surface area (Å²) in [5, 5.41) is 7.60. The molecule has 1 N–H and O–H groups in total. The topological polar surface area (TPSA) is 59.1 Å². The van der Waals surface area contributed by atoms with Gasteiger partial charge in [-0.25, -0.2) is 4.79 Å². The van der Waals surface area contributed by atoms with Crippen LogP contribution < -0.4 is 4.74 Å². The van der Waals surface area contributed by atoms with Gasteiger partial charge in [0.25, 0.3) is 0 Å². The third-order valence-corrected chi connectivity index (χ3v) is 2.70. The lowest BCUT2D eigenvalue weighted by Gasteiger charge is -2.01. The Morgan fingerprint density at radius 1 is 1.22 bits per heavy atom. The molecular formula is C19H22O4. The molecule has 1 fully saturated rings. The van der Waals surface area contributed by atoms with Crippen LogP contribution in [0.3, 0.4) is 0 Å². The molecule has 0 aliphatic carbocycles. The van der Waals surface area contributed by atoms with Crippen molar-refractivity contribution >= 4 is 5.97 Å². The standard InChI is InChI=1S/C9H10O2.C7H8.C3H4O2/c1-2-4-8(5-3-1)10-6-9-7-11-9;1-7-5-3-2-4-6-7;1-2-3(4)5/h1-5,9H,6-7H2;2-6H,1H3;2H,1H2,(H,4,5). The normalized spacial score (nSPS) is 14.2. The minimum Gasteiger partial charge on any atom is -0.491 e. The number of carboxylic acid groups (broad SMARTS) is 1. The molecule has 0 amide bonds. The number of epoxide rings is 1. The Morgan fingerprint density at radius 3 is 2.04 bits per heavy atom. The highest BCUT2D eigenvalue weighted by molar-refractivity contribution is 5.78. The maximum atomic E-state index is 9.25. The van der Waals surface area contributed by atoms with Crippen molar-refractivity contribution in [3.63, 3.8) is 0 Å². The Hall–Kier alpha value is -2.59. The molecule has 1 heterocycles. The second-order valence-electron chi connectivity index (χ2n) is 4.78. The summed E-state index contributed by atoms with van der Waals surface area (Å²) in [4.78, 5) is 9.25. The lowest BCUT2D eigenvalue weighted by Crippen LogP contribution is -2.03. The van der Waals surface area contributed by atoms with Gasteiger partial charge in [0.15, 0.2) is 0 Å². The van der Waals surface area contributed by atoms with Crippen molar-refractivity contribution in [3.05, 3.63) is 78.9 Å². The van der Waals surface area contributed by atoms with Crippen LogP contribution in [0.4, 0.5) is 0 Å². The van der Waals surface area contributed by atoms with Crippen LogP contribution in [0.1, 0.15) is 5.56 Å². The fourth-order valence-corrected chi connectivity index (χ4v) is 1.40. The van der Waals surface area contributed by atoms with E-state index in [4.69, 9.17) is 14.6 Å². The van der Waals surface area contributed by atoms with E-state index in [2.05, 4.69) is 25.6 Å². The molecule has 4 heteroatoms. The van der Waals surface area contributed by atoms with E-state index in [1.807, 2.05) is 48.5 Å². The van der Waals surface area contributed by atoms with Gasteiger partial charge in [0.05, 0.1) is 6.61 Å². The van der Waals surface area contributed by atoms with Crippen LogP contribution in [0.5, 0.6) is 5.75 Å². The zero-order valence-electron chi connectivity index (χ0n) is 13.2. The van der Waals surface area contributed by atoms with E-state index in [0.29, 0.717) is 12.7 Å². The number of ether oxygens (including phenoxy) is 2. The number of aryl methyl sites for hydroxylation is 1. The fourth-order valence-electron chi connectivity index (χ4n) is 1.40. The molecule has 1 atom stereocenters. The Bertz CT molecular complexity index is 562. The lowest BCUT2D eigenvalue weighted by molar-refractivity contribution is -0.131. The van der Waals surface area contributed by atoms with Gasteiger partial charge in [0.1, 0.15) is 18.5 Å². The number of hydrogen-bond donors (Lipinski definition) is 1. The summed E-state index contributed by atoms with van der Waals surface area (Å²) < 4.78 is 10.4. The van der Waals surface area contributed by atoms with Gasteiger partial charge in [0.2, 0.25) is 0 Å². The first-order chi connectivity index (χ1) is 11.1. The summed E-state index contributed by atoms with van der Waals surface area (Å²) in [6, 6.07) is 20.1. The van der Waals surface area contributed by atoms with Crippen molar-refractivity contribution in [3.8, 4) is 5.75 Å². The number of benzene rings is 2. The molecule has 1 aliphatic heterocycles. The molecule has 2 aromatic rings. The Morgan fingerprint density at radius 2 is 1.70 bits per heavy atom. The number of carboxylic acids is 1. The summed E-state index contributed by atoms with van der Waals surface area (Å²) in [6.07, 6.45) is 1.18. The van der Waals surface area contributed by atoms with Crippen LogP contribution in [0.15, 0.2) is 73.3 Å². The number of para-hydroxylation sites is 1. The van der Waals surface area contributed by atoms with E-state index >= 15 is 0 Å². The summed E-state index contributed by atoms with van der Waals surface area (Å²) in [7, 11) is 0. The van der Waals surface area contributed by atoms with Crippen molar-refractivity contribution in [2.24, 2.45) is 0 Å². The summed E-state index contributed by atoms with van der Waals surface area (Å²) in [5.41, 5.74) is 1.32. The van der Waals surface area contributed by atoms with Crippen molar-refractivity contribution in [1.29, 1.82) is 0 Å². The monoisotopic (exact) mass is 314 g/mol. The van der Waals surface area contributed by atoms with Gasteiger partial charge in [-0.2, -0.15) is 0 Å². The molecule has 1 aliphatic rings. The molecule has 23 heavy (non-hydrogen) atoms. The zero-order chi connectivity index (χ0) is 16.9. The number of carbonyl (C=O) groups is 1. The number of hydrogen-bond acceptors (Lipinski definition) is 3. The quantitative estimate of drug-likeness (QED) is 0.690. The fraction of sp³-hybridized carbons (Fsp3) is 0.211. The first-order valence-electron chi connectivity index (χ1n) is 7.28. The van der Waals surface area contributed by atoms with Gasteiger partial charge < -0.3 is 14.6 Å². The Labute approximate surface area is 137 Å². The highest BCUT2D eigenvalue weighted by Gasteiger charge is 2.22. The molecule has 0 spiro atoms. The summed E-state index contributed by atoms with van der Waals surface area (Å²) in [5.74, 6) is -0.0620. The largest absolute Gasteiger partial charge is 0.491 e. The minimum absolute atomic E-state index is 0.343. The van der Waals surface area contributed by atoms with E-state index < -0.39 is 5.97 Å². The molecule has 1 unspecified atom stereocenters. The Kier molecular flexibility index (Phi) is 8.86. The van der Waals surface area contributed by atoms with E-state index in [9.17, 15) is 4.79 Å². The maximum absolute atomic E-state index is 9.25. The van der Waals surface area contributed by atoms with Crippen molar-refractivity contribution in [1.82, 2.24) is 0 Å². The second-order valence-corrected chi connectivity index (χ2v) is 4.78. The van der Waals surface area contributed by atoms with Crippen LogP contribution in [-0.4, -0.2) is 30.4 Å². The molecule has 0 bridgehead atoms. The van der Waals surface area contributed by atoms with Gasteiger partial charge in [-0.05, 0) is 19.1 Å². The second kappa shape index (κ2) is 11.0. The zero-order valence-corrected chi connectivity index (χ0v) is 13.2. The number of aliphatic carboxylic acids is 1. The van der Waals surface area contributed by atoms with Gasteiger partial charge in [-0.1, -0.05) is 60.7 Å². The summed E-state index contributed by atoms with van der Waals surface area (Å²) in [6.45, 7) is 6.58. The van der Waals surface area contributed by atoms with Crippen molar-refractivity contribution < 1.29 is 19.4 Å². The highest BCUT2D eigenvalue weighted by atomic mass is 16.6. The van der Waals surface area contributed by atoms with E-state index in [-0.39, 0.29) is 0 Å². The molecule has 122 valence electrons. The lowest BCUT2D eigenvalue weighted by atomic mass is 10.2. The maximum Gasteiger partial charge on any atom is 0.327 e. The summed E-state index contributed by atoms with van der Waals surface area (Å²) >= 11 is 0. The molecule has 3 rings (SSSR count). The van der Waals surface area contributed by atoms with Crippen LogP contribution in [0, 0.1) is 6.92 Å². The van der Waals surface area contributed by atoms with Crippen molar-refractivity contribution in [2.75, 3.05) is 13.2 Å².